The predicted molar refractivity (Wildman–Crippen MR) is 65.5 cm³/mol. The maximum absolute atomic E-state index is 13.1. The van der Waals surface area contributed by atoms with Crippen LogP contribution in [0.4, 0.5) is 10.1 Å². The summed E-state index contributed by atoms with van der Waals surface area (Å²) in [5, 5.41) is 3.04. The van der Waals surface area contributed by atoms with Crippen LogP contribution in [0.5, 0.6) is 0 Å². The molecule has 1 aromatic rings. The Morgan fingerprint density at radius 1 is 1.47 bits per heavy atom. The van der Waals surface area contributed by atoms with Crippen molar-refractivity contribution in [3.8, 4) is 0 Å². The molecule has 4 heteroatoms. The molecule has 3 nitrogen and oxygen atoms in total. The Labute approximate surface area is 101 Å². The van der Waals surface area contributed by atoms with Crippen molar-refractivity contribution in [2.24, 2.45) is 0 Å². The molecular weight excluding hydrogens is 221 g/mol. The van der Waals surface area contributed by atoms with E-state index in [2.05, 4.69) is 5.32 Å². The van der Waals surface area contributed by atoms with Crippen LogP contribution >= 0.6 is 0 Å². The second kappa shape index (κ2) is 6.23. The molecule has 0 heterocycles. The summed E-state index contributed by atoms with van der Waals surface area (Å²) in [6, 6.07) is 4.29. The molecule has 0 aliphatic carbocycles. The molecule has 17 heavy (non-hydrogen) atoms. The van der Waals surface area contributed by atoms with Gasteiger partial charge in [0.05, 0.1) is 6.61 Å². The van der Waals surface area contributed by atoms with Gasteiger partial charge >= 0.3 is 5.97 Å². The van der Waals surface area contributed by atoms with Crippen molar-refractivity contribution in [3.63, 3.8) is 0 Å². The van der Waals surface area contributed by atoms with Crippen LogP contribution in [0.3, 0.4) is 0 Å². The van der Waals surface area contributed by atoms with Crippen molar-refractivity contribution in [2.45, 2.75) is 33.2 Å². The van der Waals surface area contributed by atoms with Gasteiger partial charge in [0.25, 0.3) is 0 Å². The van der Waals surface area contributed by atoms with E-state index in [0.717, 1.165) is 5.69 Å². The topological polar surface area (TPSA) is 38.3 Å². The van der Waals surface area contributed by atoms with Gasteiger partial charge in [-0.1, -0.05) is 6.92 Å². The first-order chi connectivity index (χ1) is 8.08. The molecular formula is C13H18FNO2. The molecule has 1 unspecified atom stereocenters. The maximum atomic E-state index is 13.1. The van der Waals surface area contributed by atoms with Crippen molar-refractivity contribution < 1.29 is 13.9 Å². The summed E-state index contributed by atoms with van der Waals surface area (Å²) < 4.78 is 18.0. The summed E-state index contributed by atoms with van der Waals surface area (Å²) in [7, 11) is 0. The van der Waals surface area contributed by atoms with E-state index in [1.165, 1.54) is 6.07 Å². The van der Waals surface area contributed by atoms with Crippen LogP contribution in [0.15, 0.2) is 18.2 Å². The molecule has 1 rings (SSSR count). The number of hydrogen-bond donors (Lipinski definition) is 1. The standard InChI is InChI=1S/C13H18FNO2/c1-4-12(13(16)17-5-2)15-10-6-7-11(14)9(3)8-10/h6-8,12,15H,4-5H2,1-3H3. The van der Waals surface area contributed by atoms with Crippen LogP contribution in [0.25, 0.3) is 0 Å². The van der Waals surface area contributed by atoms with Crippen molar-refractivity contribution in [2.75, 3.05) is 11.9 Å². The lowest BCUT2D eigenvalue weighted by Crippen LogP contribution is -2.30. The highest BCUT2D eigenvalue weighted by atomic mass is 19.1. The number of aryl methyl sites for hydroxylation is 1. The molecule has 0 bridgehead atoms. The van der Waals surface area contributed by atoms with Gasteiger partial charge in [0, 0.05) is 5.69 Å². The largest absolute Gasteiger partial charge is 0.464 e. The van der Waals surface area contributed by atoms with Crippen LogP contribution in [-0.2, 0) is 9.53 Å². The summed E-state index contributed by atoms with van der Waals surface area (Å²) in [4.78, 5) is 11.6. The summed E-state index contributed by atoms with van der Waals surface area (Å²) in [5.74, 6) is -0.531. The number of anilines is 1. The average molecular weight is 239 g/mol. The van der Waals surface area contributed by atoms with E-state index < -0.39 is 0 Å². The SMILES string of the molecule is CCOC(=O)C(CC)Nc1ccc(F)c(C)c1. The Hall–Kier alpha value is -1.58. The highest BCUT2D eigenvalue weighted by Crippen LogP contribution is 2.15. The van der Waals surface area contributed by atoms with Gasteiger partial charge in [-0.25, -0.2) is 9.18 Å². The third kappa shape index (κ3) is 3.73. The molecule has 0 spiro atoms. The highest BCUT2D eigenvalue weighted by molar-refractivity contribution is 5.79. The fourth-order valence-electron chi connectivity index (χ4n) is 1.51. The number of ether oxygens (including phenoxy) is 1. The zero-order valence-corrected chi connectivity index (χ0v) is 10.4. The molecule has 0 aliphatic heterocycles. The number of nitrogens with one attached hydrogen (secondary N) is 1. The smallest absolute Gasteiger partial charge is 0.328 e. The predicted octanol–water partition coefficient (Wildman–Crippen LogP) is 2.89. The second-order valence-corrected chi connectivity index (χ2v) is 3.82. The van der Waals surface area contributed by atoms with E-state index in [-0.39, 0.29) is 17.8 Å². The molecule has 0 radical (unpaired) electrons. The van der Waals surface area contributed by atoms with Gasteiger partial charge in [0.2, 0.25) is 0 Å². The Morgan fingerprint density at radius 2 is 2.18 bits per heavy atom. The van der Waals surface area contributed by atoms with Gasteiger partial charge in [-0.3, -0.25) is 0 Å². The summed E-state index contributed by atoms with van der Waals surface area (Å²) in [5.41, 5.74) is 1.28. The average Bonchev–Trinajstić information content (AvgIpc) is 2.30. The first kappa shape index (κ1) is 13.5. The molecule has 0 aliphatic rings. The molecule has 0 fully saturated rings. The van der Waals surface area contributed by atoms with Gasteiger partial charge in [-0.05, 0) is 44.0 Å². The number of carbonyl (C=O) groups excluding carboxylic acids is 1. The minimum Gasteiger partial charge on any atom is -0.464 e. The Balaban J connectivity index is 2.73. The molecule has 0 saturated heterocycles. The first-order valence-corrected chi connectivity index (χ1v) is 5.77. The number of hydrogen-bond acceptors (Lipinski definition) is 3. The summed E-state index contributed by atoms with van der Waals surface area (Å²) in [6.07, 6.45) is 0.620. The molecule has 0 amide bonds. The molecule has 94 valence electrons. The van der Waals surface area contributed by atoms with Gasteiger partial charge < -0.3 is 10.1 Å². The number of carbonyl (C=O) groups is 1. The number of halogens is 1. The van der Waals surface area contributed by atoms with E-state index in [9.17, 15) is 9.18 Å². The normalized spacial score (nSPS) is 12.0. The molecule has 1 N–H and O–H groups in total. The van der Waals surface area contributed by atoms with Crippen LogP contribution in [-0.4, -0.2) is 18.6 Å². The Bertz CT molecular complexity index is 393. The van der Waals surface area contributed by atoms with E-state index in [1.807, 2.05) is 6.92 Å². The van der Waals surface area contributed by atoms with Gasteiger partial charge in [0.1, 0.15) is 11.9 Å². The van der Waals surface area contributed by atoms with E-state index in [1.54, 1.807) is 26.0 Å². The minimum absolute atomic E-state index is 0.250. The molecule has 0 saturated carbocycles. The maximum Gasteiger partial charge on any atom is 0.328 e. The van der Waals surface area contributed by atoms with E-state index >= 15 is 0 Å². The van der Waals surface area contributed by atoms with Crippen LogP contribution in [0.2, 0.25) is 0 Å². The molecule has 0 aromatic heterocycles. The molecule has 1 atom stereocenters. The van der Waals surface area contributed by atoms with Crippen molar-refractivity contribution in [3.05, 3.63) is 29.6 Å². The summed E-state index contributed by atoms with van der Waals surface area (Å²) >= 11 is 0. The second-order valence-electron chi connectivity index (χ2n) is 3.82. The third-order valence-corrected chi connectivity index (χ3v) is 2.48. The third-order valence-electron chi connectivity index (χ3n) is 2.48. The van der Waals surface area contributed by atoms with Crippen LogP contribution in [0.1, 0.15) is 25.8 Å². The lowest BCUT2D eigenvalue weighted by Gasteiger charge is -2.17. The monoisotopic (exact) mass is 239 g/mol. The number of benzene rings is 1. The highest BCUT2D eigenvalue weighted by Gasteiger charge is 2.17. The van der Waals surface area contributed by atoms with Gasteiger partial charge in [0.15, 0.2) is 0 Å². The van der Waals surface area contributed by atoms with E-state index in [4.69, 9.17) is 4.74 Å². The zero-order chi connectivity index (χ0) is 12.8. The van der Waals surface area contributed by atoms with E-state index in [0.29, 0.717) is 18.6 Å². The van der Waals surface area contributed by atoms with Gasteiger partial charge in [-0.2, -0.15) is 0 Å². The number of esters is 1. The zero-order valence-electron chi connectivity index (χ0n) is 10.4. The van der Waals surface area contributed by atoms with Crippen molar-refractivity contribution in [1.29, 1.82) is 0 Å². The van der Waals surface area contributed by atoms with Crippen LogP contribution in [0, 0.1) is 12.7 Å². The van der Waals surface area contributed by atoms with Crippen molar-refractivity contribution in [1.82, 2.24) is 0 Å². The summed E-state index contributed by atoms with van der Waals surface area (Å²) in [6.45, 7) is 5.71. The van der Waals surface area contributed by atoms with Crippen molar-refractivity contribution >= 4 is 11.7 Å². The Kier molecular flexibility index (Phi) is 4.94. The lowest BCUT2D eigenvalue weighted by atomic mass is 10.1. The quantitative estimate of drug-likeness (QED) is 0.803. The number of rotatable bonds is 5. The Morgan fingerprint density at radius 3 is 2.71 bits per heavy atom. The van der Waals surface area contributed by atoms with Crippen LogP contribution < -0.4 is 5.32 Å². The lowest BCUT2D eigenvalue weighted by molar-refractivity contribution is -0.144. The van der Waals surface area contributed by atoms with Gasteiger partial charge in [-0.15, -0.1) is 0 Å². The fraction of sp³-hybridized carbons (Fsp3) is 0.462. The molecule has 1 aromatic carbocycles. The first-order valence-electron chi connectivity index (χ1n) is 5.77. The fourth-order valence-corrected chi connectivity index (χ4v) is 1.51. The minimum atomic E-state index is -0.389.